The van der Waals surface area contributed by atoms with E-state index < -0.39 is 4.33 Å². The van der Waals surface area contributed by atoms with Gasteiger partial charge in [-0.3, -0.25) is 4.79 Å². The predicted octanol–water partition coefficient (Wildman–Crippen LogP) is 3.09. The van der Waals surface area contributed by atoms with Gasteiger partial charge in [-0.1, -0.05) is 17.7 Å². The van der Waals surface area contributed by atoms with Crippen LogP contribution in [0.3, 0.4) is 0 Å². The summed E-state index contributed by atoms with van der Waals surface area (Å²) in [4.78, 5) is 11.5. The third-order valence-electron chi connectivity index (χ3n) is 2.35. The van der Waals surface area contributed by atoms with Gasteiger partial charge in [0.25, 0.3) is 0 Å². The van der Waals surface area contributed by atoms with Gasteiger partial charge in [0.2, 0.25) is 0 Å². The van der Waals surface area contributed by atoms with E-state index in [4.69, 9.17) is 27.9 Å². The lowest BCUT2D eigenvalue weighted by Crippen LogP contribution is -2.13. The largest absolute Gasteiger partial charge is 0.426 e. The average Bonchev–Trinajstić information content (AvgIpc) is 2.79. The molecule has 2 nitrogen and oxygen atoms in total. The molecule has 0 bridgehead atoms. The van der Waals surface area contributed by atoms with Crippen molar-refractivity contribution in [1.29, 1.82) is 0 Å². The number of carbonyl (C=O) groups is 1. The minimum atomic E-state index is -0.915. The monoisotopic (exact) mass is 244 g/mol. The van der Waals surface area contributed by atoms with Gasteiger partial charge < -0.3 is 4.74 Å². The van der Waals surface area contributed by atoms with E-state index in [9.17, 15) is 4.79 Å². The second kappa shape index (κ2) is 3.69. The third kappa shape index (κ3) is 2.44. The summed E-state index contributed by atoms with van der Waals surface area (Å²) in [6, 6.07) is 7.26. The molecule has 1 saturated carbocycles. The lowest BCUT2D eigenvalue weighted by molar-refractivity contribution is -0.135. The van der Waals surface area contributed by atoms with Crippen LogP contribution in [0.4, 0.5) is 0 Å². The van der Waals surface area contributed by atoms with E-state index >= 15 is 0 Å². The number of rotatable bonds is 2. The van der Waals surface area contributed by atoms with Crippen molar-refractivity contribution in [1.82, 2.24) is 0 Å². The van der Waals surface area contributed by atoms with Crippen molar-refractivity contribution < 1.29 is 9.53 Å². The molecule has 0 aromatic heterocycles. The third-order valence-corrected chi connectivity index (χ3v) is 3.19. The first-order valence-electron chi connectivity index (χ1n) is 4.65. The van der Waals surface area contributed by atoms with Crippen molar-refractivity contribution in [2.24, 2.45) is 5.92 Å². The minimum Gasteiger partial charge on any atom is -0.426 e. The second-order valence-electron chi connectivity index (χ2n) is 3.75. The highest BCUT2D eigenvalue weighted by Crippen LogP contribution is 2.53. The molecule has 0 N–H and O–H groups in total. The van der Waals surface area contributed by atoms with Crippen LogP contribution in [0.25, 0.3) is 0 Å². The summed E-state index contributed by atoms with van der Waals surface area (Å²) in [5, 5.41) is 0. The number of carbonyl (C=O) groups excluding carboxylic acids is 1. The van der Waals surface area contributed by atoms with Crippen LogP contribution < -0.4 is 4.74 Å². The molecule has 1 unspecified atom stereocenters. The second-order valence-corrected chi connectivity index (χ2v) is 5.29. The number of alkyl halides is 2. The van der Waals surface area contributed by atoms with Gasteiger partial charge in [-0.2, -0.15) is 0 Å². The van der Waals surface area contributed by atoms with Crippen LogP contribution in [0, 0.1) is 12.8 Å². The Labute approximate surface area is 98.1 Å². The Morgan fingerprint density at radius 2 is 1.93 bits per heavy atom. The summed E-state index contributed by atoms with van der Waals surface area (Å²) in [6.07, 6.45) is 0.473. The number of esters is 1. The fourth-order valence-corrected chi connectivity index (χ4v) is 1.75. The van der Waals surface area contributed by atoms with Crippen LogP contribution in [-0.2, 0) is 4.79 Å². The fourth-order valence-electron chi connectivity index (χ4n) is 1.26. The zero-order valence-electron chi connectivity index (χ0n) is 8.17. The maximum Gasteiger partial charge on any atom is 0.317 e. The molecule has 1 fully saturated rings. The summed E-state index contributed by atoms with van der Waals surface area (Å²) >= 11 is 11.5. The van der Waals surface area contributed by atoms with Gasteiger partial charge in [0.1, 0.15) is 10.1 Å². The van der Waals surface area contributed by atoms with Crippen LogP contribution in [0.2, 0.25) is 0 Å². The molecule has 1 aliphatic rings. The Balaban J connectivity index is 1.98. The van der Waals surface area contributed by atoms with E-state index in [1.807, 2.05) is 19.1 Å². The van der Waals surface area contributed by atoms with Gasteiger partial charge >= 0.3 is 5.97 Å². The highest BCUT2D eigenvalue weighted by Gasteiger charge is 2.57. The standard InChI is InChI=1S/C11H10Cl2O2/c1-7-2-4-8(5-3-7)15-10(14)9-6-11(9,12)13/h2-5,9H,6H2,1H3. The Morgan fingerprint density at radius 1 is 1.40 bits per heavy atom. The van der Waals surface area contributed by atoms with Crippen molar-refractivity contribution >= 4 is 29.2 Å². The van der Waals surface area contributed by atoms with E-state index in [1.54, 1.807) is 12.1 Å². The first kappa shape index (κ1) is 10.8. The fraction of sp³-hybridized carbons (Fsp3) is 0.364. The van der Waals surface area contributed by atoms with Gasteiger partial charge in [-0.05, 0) is 25.5 Å². The molecule has 0 radical (unpaired) electrons. The van der Waals surface area contributed by atoms with E-state index in [1.165, 1.54) is 0 Å². The summed E-state index contributed by atoms with van der Waals surface area (Å²) in [6.45, 7) is 1.97. The number of ether oxygens (including phenoxy) is 1. The van der Waals surface area contributed by atoms with Crippen LogP contribution in [-0.4, -0.2) is 10.3 Å². The van der Waals surface area contributed by atoms with Crippen molar-refractivity contribution in [3.05, 3.63) is 29.8 Å². The Kier molecular flexibility index (Phi) is 2.65. The molecule has 1 aromatic rings. The normalized spacial score (nSPS) is 22.2. The first-order valence-corrected chi connectivity index (χ1v) is 5.41. The highest BCUT2D eigenvalue weighted by atomic mass is 35.5. The topological polar surface area (TPSA) is 26.3 Å². The molecule has 0 saturated heterocycles. The molecule has 0 amide bonds. The van der Waals surface area contributed by atoms with Gasteiger partial charge in [-0.15, -0.1) is 23.2 Å². The van der Waals surface area contributed by atoms with Crippen LogP contribution in [0.5, 0.6) is 5.75 Å². The zero-order chi connectivity index (χ0) is 11.1. The molecule has 0 spiro atoms. The Hall–Kier alpha value is -0.730. The van der Waals surface area contributed by atoms with E-state index in [2.05, 4.69) is 0 Å². The molecular weight excluding hydrogens is 235 g/mol. The summed E-state index contributed by atoms with van der Waals surface area (Å²) < 4.78 is 4.21. The molecule has 1 atom stereocenters. The average molecular weight is 245 g/mol. The van der Waals surface area contributed by atoms with Crippen LogP contribution in [0.15, 0.2) is 24.3 Å². The number of hydrogen-bond acceptors (Lipinski definition) is 2. The summed E-state index contributed by atoms with van der Waals surface area (Å²) in [5.74, 6) is -0.215. The van der Waals surface area contributed by atoms with Gasteiger partial charge in [-0.25, -0.2) is 0 Å². The van der Waals surface area contributed by atoms with Crippen molar-refractivity contribution in [3.8, 4) is 5.75 Å². The minimum absolute atomic E-state index is 0.358. The molecule has 0 aliphatic heterocycles. The van der Waals surface area contributed by atoms with E-state index in [0.717, 1.165) is 5.56 Å². The lowest BCUT2D eigenvalue weighted by Gasteiger charge is -2.04. The van der Waals surface area contributed by atoms with E-state index in [0.29, 0.717) is 12.2 Å². The molecule has 1 aromatic carbocycles. The van der Waals surface area contributed by atoms with Crippen molar-refractivity contribution in [3.63, 3.8) is 0 Å². The molecular formula is C11H10Cl2O2. The van der Waals surface area contributed by atoms with Gasteiger partial charge in [0.05, 0.1) is 5.92 Å². The molecule has 2 rings (SSSR count). The van der Waals surface area contributed by atoms with Gasteiger partial charge in [0.15, 0.2) is 0 Å². The molecule has 15 heavy (non-hydrogen) atoms. The van der Waals surface area contributed by atoms with E-state index in [-0.39, 0.29) is 11.9 Å². The maximum absolute atomic E-state index is 11.5. The first-order chi connectivity index (χ1) is 6.99. The van der Waals surface area contributed by atoms with Crippen LogP contribution in [0.1, 0.15) is 12.0 Å². The summed E-state index contributed by atoms with van der Waals surface area (Å²) in [5.41, 5.74) is 1.12. The molecule has 4 heteroatoms. The molecule has 80 valence electrons. The van der Waals surface area contributed by atoms with Gasteiger partial charge in [0, 0.05) is 0 Å². The quantitative estimate of drug-likeness (QED) is 0.454. The summed E-state index contributed by atoms with van der Waals surface area (Å²) in [7, 11) is 0. The SMILES string of the molecule is Cc1ccc(OC(=O)C2CC2(Cl)Cl)cc1. The highest BCUT2D eigenvalue weighted by molar-refractivity contribution is 6.52. The van der Waals surface area contributed by atoms with Crippen molar-refractivity contribution in [2.45, 2.75) is 17.7 Å². The zero-order valence-corrected chi connectivity index (χ0v) is 9.68. The number of halogens is 2. The molecule has 0 heterocycles. The maximum atomic E-state index is 11.5. The predicted molar refractivity (Wildman–Crippen MR) is 59.4 cm³/mol. The number of benzene rings is 1. The van der Waals surface area contributed by atoms with Crippen LogP contribution >= 0.6 is 23.2 Å². The smallest absolute Gasteiger partial charge is 0.317 e. The van der Waals surface area contributed by atoms with Crippen molar-refractivity contribution in [2.75, 3.05) is 0 Å². The lowest BCUT2D eigenvalue weighted by atomic mass is 10.2. The number of aryl methyl sites for hydroxylation is 1. The molecule has 1 aliphatic carbocycles. The Bertz CT molecular complexity index is 384. The number of hydrogen-bond donors (Lipinski definition) is 0. The Morgan fingerprint density at radius 3 is 2.40 bits per heavy atom.